The lowest BCUT2D eigenvalue weighted by molar-refractivity contribution is -0.137. The lowest BCUT2D eigenvalue weighted by atomic mass is 10.0. The van der Waals surface area contributed by atoms with E-state index in [2.05, 4.69) is 10.6 Å². The molecule has 3 amide bonds. The van der Waals surface area contributed by atoms with E-state index in [-0.39, 0.29) is 42.2 Å². The van der Waals surface area contributed by atoms with Crippen LogP contribution in [-0.2, 0) is 23.9 Å². The number of carbonyl (C=O) groups excluding carboxylic acids is 2. The van der Waals surface area contributed by atoms with Crippen LogP contribution in [-0.4, -0.2) is 76.8 Å². The van der Waals surface area contributed by atoms with Crippen LogP contribution in [0.15, 0.2) is 66.7 Å². The van der Waals surface area contributed by atoms with Crippen molar-refractivity contribution >= 4 is 29.3 Å². The van der Waals surface area contributed by atoms with E-state index in [0.29, 0.717) is 36.6 Å². The lowest BCUT2D eigenvalue weighted by Crippen LogP contribution is -2.47. The van der Waals surface area contributed by atoms with Gasteiger partial charge in [0.1, 0.15) is 11.9 Å². The highest BCUT2D eigenvalue weighted by Crippen LogP contribution is 2.31. The molecule has 0 fully saturated rings. The molecule has 0 bridgehead atoms. The van der Waals surface area contributed by atoms with Crippen molar-refractivity contribution in [3.63, 3.8) is 0 Å². The molecule has 3 aromatic rings. The summed E-state index contributed by atoms with van der Waals surface area (Å²) in [4.78, 5) is 41.0. The second kappa shape index (κ2) is 14.6. The van der Waals surface area contributed by atoms with E-state index in [4.69, 9.17) is 4.74 Å². The van der Waals surface area contributed by atoms with E-state index in [1.165, 1.54) is 0 Å². The maximum absolute atomic E-state index is 13.5. The highest BCUT2D eigenvalue weighted by atomic mass is 19.4. The molecule has 10 nitrogen and oxygen atoms in total. The quantitative estimate of drug-likeness (QED) is 0.248. The number of amides is 3. The summed E-state index contributed by atoms with van der Waals surface area (Å²) in [5, 5.41) is 24.2. The van der Waals surface area contributed by atoms with Gasteiger partial charge in [-0.15, -0.1) is 0 Å². The van der Waals surface area contributed by atoms with Crippen molar-refractivity contribution in [1.29, 1.82) is 0 Å². The van der Waals surface area contributed by atoms with Crippen molar-refractivity contribution in [2.24, 2.45) is 5.92 Å². The summed E-state index contributed by atoms with van der Waals surface area (Å²) in [7, 11) is 1.91. The number of aliphatic hydroxyl groups excluding tert-OH is 1. The second-order valence-electron chi connectivity index (χ2n) is 11.6. The number of nitrogens with one attached hydrogen (secondary N) is 2. The molecule has 1 aliphatic rings. The Morgan fingerprint density at radius 2 is 1.67 bits per heavy atom. The van der Waals surface area contributed by atoms with Crippen molar-refractivity contribution in [1.82, 2.24) is 9.80 Å². The number of anilines is 2. The summed E-state index contributed by atoms with van der Waals surface area (Å²) in [6, 6.07) is 14.4. The maximum Gasteiger partial charge on any atom is 0.416 e. The molecule has 0 saturated heterocycles. The van der Waals surface area contributed by atoms with E-state index >= 15 is 0 Å². The van der Waals surface area contributed by atoms with Crippen molar-refractivity contribution in [3.8, 4) is 5.75 Å². The van der Waals surface area contributed by atoms with E-state index < -0.39 is 29.8 Å². The summed E-state index contributed by atoms with van der Waals surface area (Å²) >= 11 is 0. The molecule has 1 aliphatic heterocycles. The number of hydrogen-bond acceptors (Lipinski definition) is 6. The number of hydrogen-bond donors (Lipinski definition) is 4. The van der Waals surface area contributed by atoms with Gasteiger partial charge in [-0.1, -0.05) is 19.1 Å². The first-order valence-electron chi connectivity index (χ1n) is 14.7. The highest BCUT2D eigenvalue weighted by Gasteiger charge is 2.32. The van der Waals surface area contributed by atoms with Gasteiger partial charge < -0.3 is 30.5 Å². The third-order valence-corrected chi connectivity index (χ3v) is 7.79. The largest absolute Gasteiger partial charge is 0.488 e. The fourth-order valence-electron chi connectivity index (χ4n) is 5.20. The first kappa shape index (κ1) is 34.3. The Morgan fingerprint density at radius 1 is 1.04 bits per heavy atom. The zero-order chi connectivity index (χ0) is 33.6. The van der Waals surface area contributed by atoms with E-state index in [0.717, 1.165) is 29.8 Å². The van der Waals surface area contributed by atoms with Crippen LogP contribution in [0.25, 0.3) is 0 Å². The topological polar surface area (TPSA) is 131 Å². The number of nitrogens with zero attached hydrogens (tertiary/aromatic N) is 2. The minimum Gasteiger partial charge on any atom is -0.488 e. The summed E-state index contributed by atoms with van der Waals surface area (Å²) in [5.74, 6) is -0.914. The van der Waals surface area contributed by atoms with Gasteiger partial charge in [0, 0.05) is 42.5 Å². The summed E-state index contributed by atoms with van der Waals surface area (Å²) in [6.45, 7) is 4.82. The van der Waals surface area contributed by atoms with Gasteiger partial charge in [0.2, 0.25) is 5.91 Å². The molecule has 46 heavy (non-hydrogen) atoms. The van der Waals surface area contributed by atoms with Crippen LogP contribution >= 0.6 is 0 Å². The molecular formula is C33H37F3N4O6. The average Bonchev–Trinajstić information content (AvgIpc) is 3.04. The summed E-state index contributed by atoms with van der Waals surface area (Å²) in [6.07, 6.45) is -4.93. The number of carboxylic acid groups (broad SMARTS) is 1. The van der Waals surface area contributed by atoms with Gasteiger partial charge in [0.05, 0.1) is 30.2 Å². The zero-order valence-electron chi connectivity index (χ0n) is 25.7. The molecule has 0 aliphatic carbocycles. The Hall–Kier alpha value is -4.62. The SMILES string of the molecule is C[C@H](CO)N1C[C@H](C)[C@H](CN(C)Cc2ccc(C(=O)O)cc2)Oc2ccc(NC(=O)Nc3ccc(C(F)(F)F)cc3)cc2CC1=O. The number of alkyl halides is 3. The molecule has 1 heterocycles. The van der Waals surface area contributed by atoms with Crippen LogP contribution in [0.4, 0.5) is 29.3 Å². The molecule has 0 spiro atoms. The molecule has 13 heteroatoms. The number of rotatable bonds is 9. The number of aromatic carboxylic acids is 1. The van der Waals surface area contributed by atoms with Gasteiger partial charge in [-0.25, -0.2) is 9.59 Å². The number of ether oxygens (including phenoxy) is 1. The number of carboxylic acids is 1. The molecule has 246 valence electrons. The minimum absolute atomic E-state index is 0.0546. The fraction of sp³-hybridized carbons (Fsp3) is 0.364. The number of aliphatic hydroxyl groups is 1. The van der Waals surface area contributed by atoms with E-state index in [1.54, 1.807) is 54.3 Å². The van der Waals surface area contributed by atoms with Crippen molar-refractivity contribution in [2.45, 2.75) is 45.1 Å². The maximum atomic E-state index is 13.5. The first-order valence-corrected chi connectivity index (χ1v) is 14.7. The highest BCUT2D eigenvalue weighted by molar-refractivity contribution is 6.00. The molecule has 0 saturated carbocycles. The van der Waals surface area contributed by atoms with E-state index in [9.17, 15) is 37.8 Å². The normalized spacial score (nSPS) is 17.7. The fourth-order valence-corrected chi connectivity index (χ4v) is 5.20. The Morgan fingerprint density at radius 3 is 2.28 bits per heavy atom. The molecule has 0 aromatic heterocycles. The van der Waals surface area contributed by atoms with Gasteiger partial charge in [-0.3, -0.25) is 9.69 Å². The van der Waals surface area contributed by atoms with Gasteiger partial charge in [-0.05, 0) is 74.1 Å². The Bertz CT molecular complexity index is 1530. The van der Waals surface area contributed by atoms with Crippen LogP contribution in [0.5, 0.6) is 5.75 Å². The smallest absolute Gasteiger partial charge is 0.416 e. The van der Waals surface area contributed by atoms with Gasteiger partial charge >= 0.3 is 18.2 Å². The summed E-state index contributed by atoms with van der Waals surface area (Å²) < 4.78 is 45.1. The number of halogens is 3. The predicted molar refractivity (Wildman–Crippen MR) is 166 cm³/mol. The third kappa shape index (κ3) is 8.98. The van der Waals surface area contributed by atoms with Crippen LogP contribution < -0.4 is 15.4 Å². The number of urea groups is 1. The number of likely N-dealkylation sites (N-methyl/N-ethyl adjacent to an activating group) is 1. The van der Waals surface area contributed by atoms with E-state index in [1.807, 2.05) is 18.9 Å². The molecular weight excluding hydrogens is 605 g/mol. The van der Waals surface area contributed by atoms with Crippen LogP contribution in [0, 0.1) is 5.92 Å². The molecule has 0 radical (unpaired) electrons. The van der Waals surface area contributed by atoms with Crippen molar-refractivity contribution in [3.05, 3.63) is 89.0 Å². The van der Waals surface area contributed by atoms with Crippen LogP contribution in [0.1, 0.15) is 40.9 Å². The summed E-state index contributed by atoms with van der Waals surface area (Å²) in [5.41, 5.74) is 1.30. The van der Waals surface area contributed by atoms with Crippen LogP contribution in [0.3, 0.4) is 0 Å². The number of benzene rings is 3. The Labute approximate surface area is 264 Å². The second-order valence-corrected chi connectivity index (χ2v) is 11.6. The zero-order valence-corrected chi connectivity index (χ0v) is 25.7. The van der Waals surface area contributed by atoms with Gasteiger partial charge in [0.25, 0.3) is 0 Å². The number of fused-ring (bicyclic) bond motifs is 1. The average molecular weight is 643 g/mol. The monoisotopic (exact) mass is 642 g/mol. The standard InChI is InChI=1S/C33H37F3N4O6/c1-20-16-40(21(2)19-41)30(42)15-24-14-27(38-32(45)37-26-10-8-25(9-11-26)33(34,35)36)12-13-28(24)46-29(20)18-39(3)17-22-4-6-23(7-5-22)31(43)44/h4-14,20-21,29,41H,15-19H2,1-3H3,(H,43,44)(H2,37,38,45)/t20-,21+,29-/m0/s1. The third-order valence-electron chi connectivity index (χ3n) is 7.79. The first-order chi connectivity index (χ1) is 21.7. The van der Waals surface area contributed by atoms with Crippen LogP contribution in [0.2, 0.25) is 0 Å². The minimum atomic E-state index is -4.49. The Kier molecular flexibility index (Phi) is 10.9. The molecule has 4 N–H and O–H groups in total. The van der Waals surface area contributed by atoms with Gasteiger partial charge in [0.15, 0.2) is 0 Å². The number of carbonyl (C=O) groups is 3. The molecule has 0 unspecified atom stereocenters. The molecule has 3 aromatic carbocycles. The van der Waals surface area contributed by atoms with Crippen molar-refractivity contribution in [2.75, 3.05) is 37.4 Å². The molecule has 3 atom stereocenters. The Balaban J connectivity index is 1.52. The lowest BCUT2D eigenvalue weighted by Gasteiger charge is -2.34. The predicted octanol–water partition coefficient (Wildman–Crippen LogP) is 5.33. The van der Waals surface area contributed by atoms with Crippen molar-refractivity contribution < 1.29 is 42.5 Å². The molecule has 4 rings (SSSR count). The van der Waals surface area contributed by atoms with Gasteiger partial charge in [-0.2, -0.15) is 13.2 Å².